The Morgan fingerprint density at radius 3 is 2.56 bits per heavy atom. The first-order valence-electron chi connectivity index (χ1n) is 7.08. The Hall–Kier alpha value is -0.610. The van der Waals surface area contributed by atoms with Gasteiger partial charge in [0, 0.05) is 6.54 Å². The lowest BCUT2D eigenvalue weighted by molar-refractivity contribution is -0.156. The van der Waals surface area contributed by atoms with Gasteiger partial charge in [0.05, 0.1) is 0 Å². The number of rotatable bonds is 7. The summed E-state index contributed by atoms with van der Waals surface area (Å²) in [7, 11) is 0. The minimum atomic E-state index is -1.66. The van der Waals surface area contributed by atoms with E-state index in [1.165, 1.54) is 45.4 Å². The predicted octanol–water partition coefficient (Wildman–Crippen LogP) is 2.02. The van der Waals surface area contributed by atoms with Gasteiger partial charge in [-0.15, -0.1) is 0 Å². The zero-order valence-electron chi connectivity index (χ0n) is 11.6. The number of aliphatic hydroxyl groups is 1. The summed E-state index contributed by atoms with van der Waals surface area (Å²) in [6.45, 7) is 4.41. The molecule has 0 aromatic heterocycles. The molecule has 3 N–H and O–H groups in total. The zero-order chi connectivity index (χ0) is 13.6. The number of hydrogen-bond acceptors (Lipinski definition) is 3. The molecular weight excluding hydrogens is 230 g/mol. The second kappa shape index (κ2) is 7.10. The quantitative estimate of drug-likeness (QED) is 0.652. The van der Waals surface area contributed by atoms with E-state index in [2.05, 4.69) is 12.2 Å². The number of carboxylic acids is 1. The average Bonchev–Trinajstić information content (AvgIpc) is 2.29. The Balaban J connectivity index is 2.16. The third kappa shape index (κ3) is 5.36. The fourth-order valence-electron chi connectivity index (χ4n) is 2.71. The van der Waals surface area contributed by atoms with Crippen molar-refractivity contribution >= 4 is 5.97 Å². The van der Waals surface area contributed by atoms with E-state index in [0.717, 1.165) is 12.5 Å². The van der Waals surface area contributed by atoms with Gasteiger partial charge < -0.3 is 15.5 Å². The molecule has 0 aromatic carbocycles. The van der Waals surface area contributed by atoms with E-state index in [4.69, 9.17) is 5.11 Å². The molecule has 1 fully saturated rings. The summed E-state index contributed by atoms with van der Waals surface area (Å²) in [6.07, 6.45) is 8.00. The van der Waals surface area contributed by atoms with Crippen molar-refractivity contribution in [2.45, 2.75) is 58.0 Å². The number of carboxylic acid groups (broad SMARTS) is 1. The van der Waals surface area contributed by atoms with Gasteiger partial charge in [-0.05, 0) is 31.7 Å². The molecule has 1 saturated carbocycles. The van der Waals surface area contributed by atoms with E-state index in [9.17, 15) is 9.90 Å². The van der Waals surface area contributed by atoms with Gasteiger partial charge in [-0.2, -0.15) is 0 Å². The fourth-order valence-corrected chi connectivity index (χ4v) is 2.71. The molecule has 1 rings (SSSR count). The molecule has 0 amide bonds. The molecule has 0 bridgehead atoms. The Labute approximate surface area is 110 Å². The minimum absolute atomic E-state index is 0.108. The van der Waals surface area contributed by atoms with Gasteiger partial charge in [0.25, 0.3) is 0 Å². The Bertz CT molecular complexity index is 260. The predicted molar refractivity (Wildman–Crippen MR) is 71.5 cm³/mol. The highest BCUT2D eigenvalue weighted by Gasteiger charge is 2.29. The van der Waals surface area contributed by atoms with Gasteiger partial charge in [0.1, 0.15) is 0 Å². The van der Waals surface area contributed by atoms with Crippen LogP contribution in [-0.2, 0) is 4.79 Å². The molecule has 0 aromatic rings. The molecule has 0 aliphatic heterocycles. The van der Waals surface area contributed by atoms with Gasteiger partial charge in [0.15, 0.2) is 5.60 Å². The SMILES string of the molecule is CC(CNCC(C)(O)C(=O)O)CC1CCCCC1. The summed E-state index contributed by atoms with van der Waals surface area (Å²) in [5, 5.41) is 21.4. The van der Waals surface area contributed by atoms with Crippen LogP contribution in [0.4, 0.5) is 0 Å². The van der Waals surface area contributed by atoms with Gasteiger partial charge in [-0.1, -0.05) is 39.0 Å². The molecule has 106 valence electrons. The molecule has 2 atom stereocenters. The normalized spacial score (nSPS) is 22.4. The maximum Gasteiger partial charge on any atom is 0.336 e. The highest BCUT2D eigenvalue weighted by atomic mass is 16.4. The third-order valence-corrected chi connectivity index (χ3v) is 3.88. The van der Waals surface area contributed by atoms with Crippen molar-refractivity contribution in [2.24, 2.45) is 11.8 Å². The van der Waals surface area contributed by atoms with Crippen LogP contribution in [0, 0.1) is 11.8 Å². The summed E-state index contributed by atoms with van der Waals surface area (Å²) in [5.74, 6) is 0.211. The Kier molecular flexibility index (Phi) is 6.09. The molecule has 2 unspecified atom stereocenters. The molecular formula is C14H27NO3. The molecule has 4 heteroatoms. The first kappa shape index (κ1) is 15.4. The van der Waals surface area contributed by atoms with E-state index in [1.807, 2.05) is 0 Å². The van der Waals surface area contributed by atoms with E-state index >= 15 is 0 Å². The maximum atomic E-state index is 10.7. The van der Waals surface area contributed by atoms with Crippen molar-refractivity contribution in [2.75, 3.05) is 13.1 Å². The topological polar surface area (TPSA) is 69.6 Å². The molecule has 0 heterocycles. The lowest BCUT2D eigenvalue weighted by Gasteiger charge is -2.25. The highest BCUT2D eigenvalue weighted by molar-refractivity contribution is 5.76. The maximum absolute atomic E-state index is 10.7. The molecule has 0 radical (unpaired) electrons. The van der Waals surface area contributed by atoms with Gasteiger partial charge >= 0.3 is 5.97 Å². The van der Waals surface area contributed by atoms with Crippen LogP contribution >= 0.6 is 0 Å². The van der Waals surface area contributed by atoms with Gasteiger partial charge in [-0.3, -0.25) is 0 Å². The molecule has 18 heavy (non-hydrogen) atoms. The lowest BCUT2D eigenvalue weighted by atomic mass is 9.83. The standard InChI is InChI=1S/C14H27NO3/c1-11(8-12-6-4-3-5-7-12)9-15-10-14(2,18)13(16)17/h11-12,15,18H,3-10H2,1-2H3,(H,16,17). The minimum Gasteiger partial charge on any atom is -0.479 e. The summed E-state index contributed by atoms with van der Waals surface area (Å²) in [6, 6.07) is 0. The van der Waals surface area contributed by atoms with Crippen LogP contribution < -0.4 is 5.32 Å². The summed E-state index contributed by atoms with van der Waals surface area (Å²) < 4.78 is 0. The van der Waals surface area contributed by atoms with Crippen LogP contribution in [-0.4, -0.2) is 34.9 Å². The first-order chi connectivity index (χ1) is 8.42. The highest BCUT2D eigenvalue weighted by Crippen LogP contribution is 2.28. The van der Waals surface area contributed by atoms with E-state index in [1.54, 1.807) is 0 Å². The number of carbonyl (C=O) groups is 1. The van der Waals surface area contributed by atoms with Crippen LogP contribution in [0.3, 0.4) is 0 Å². The van der Waals surface area contributed by atoms with Crippen molar-refractivity contribution in [1.29, 1.82) is 0 Å². The largest absolute Gasteiger partial charge is 0.479 e. The van der Waals surface area contributed by atoms with Crippen molar-refractivity contribution in [3.05, 3.63) is 0 Å². The monoisotopic (exact) mass is 257 g/mol. The molecule has 4 nitrogen and oxygen atoms in total. The molecule has 0 saturated heterocycles. The summed E-state index contributed by atoms with van der Waals surface area (Å²) in [5.41, 5.74) is -1.66. The van der Waals surface area contributed by atoms with E-state index < -0.39 is 11.6 Å². The van der Waals surface area contributed by atoms with Crippen LogP contribution in [0.2, 0.25) is 0 Å². The number of hydrogen-bond donors (Lipinski definition) is 3. The second-order valence-corrected chi connectivity index (χ2v) is 6.05. The smallest absolute Gasteiger partial charge is 0.336 e. The Morgan fingerprint density at radius 2 is 2.00 bits per heavy atom. The summed E-state index contributed by atoms with van der Waals surface area (Å²) >= 11 is 0. The van der Waals surface area contributed by atoms with E-state index in [0.29, 0.717) is 5.92 Å². The Morgan fingerprint density at radius 1 is 1.39 bits per heavy atom. The van der Waals surface area contributed by atoms with Gasteiger partial charge in [0.2, 0.25) is 0 Å². The van der Waals surface area contributed by atoms with Crippen molar-refractivity contribution in [1.82, 2.24) is 5.32 Å². The number of aliphatic carboxylic acids is 1. The average molecular weight is 257 g/mol. The van der Waals surface area contributed by atoms with Crippen LogP contribution in [0.15, 0.2) is 0 Å². The fraction of sp³-hybridized carbons (Fsp3) is 0.929. The lowest BCUT2D eigenvalue weighted by Crippen LogP contribution is -2.45. The van der Waals surface area contributed by atoms with Crippen LogP contribution in [0.1, 0.15) is 52.4 Å². The molecule has 1 aliphatic rings. The third-order valence-electron chi connectivity index (χ3n) is 3.88. The van der Waals surface area contributed by atoms with Crippen molar-refractivity contribution < 1.29 is 15.0 Å². The van der Waals surface area contributed by atoms with E-state index in [-0.39, 0.29) is 6.54 Å². The van der Waals surface area contributed by atoms with Gasteiger partial charge in [-0.25, -0.2) is 4.79 Å². The zero-order valence-corrected chi connectivity index (χ0v) is 11.6. The molecule has 0 spiro atoms. The van der Waals surface area contributed by atoms with Crippen LogP contribution in [0.25, 0.3) is 0 Å². The van der Waals surface area contributed by atoms with Crippen molar-refractivity contribution in [3.8, 4) is 0 Å². The van der Waals surface area contributed by atoms with Crippen molar-refractivity contribution in [3.63, 3.8) is 0 Å². The first-order valence-corrected chi connectivity index (χ1v) is 7.08. The summed E-state index contributed by atoms with van der Waals surface area (Å²) in [4.78, 5) is 10.7. The van der Waals surface area contributed by atoms with Crippen LogP contribution in [0.5, 0.6) is 0 Å². The second-order valence-electron chi connectivity index (χ2n) is 6.05. The number of nitrogens with one attached hydrogen (secondary N) is 1. The molecule has 1 aliphatic carbocycles.